The van der Waals surface area contributed by atoms with Gasteiger partial charge >= 0.3 is 0 Å². The fourth-order valence-electron chi connectivity index (χ4n) is 2.97. The first-order chi connectivity index (χ1) is 12.5. The number of aryl methyl sites for hydroxylation is 1. The average Bonchev–Trinajstić information content (AvgIpc) is 2.65. The van der Waals surface area contributed by atoms with Crippen molar-refractivity contribution in [3.05, 3.63) is 52.7 Å². The molecule has 2 heterocycles. The molecular weight excluding hydrogens is 352 g/mol. The summed E-state index contributed by atoms with van der Waals surface area (Å²) in [6.07, 6.45) is 3.06. The number of carbonyl (C=O) groups is 2. The van der Waals surface area contributed by atoms with Gasteiger partial charge in [0.2, 0.25) is 5.91 Å². The van der Waals surface area contributed by atoms with Gasteiger partial charge in [0.15, 0.2) is 0 Å². The van der Waals surface area contributed by atoms with Crippen LogP contribution >= 0.6 is 11.6 Å². The number of hydrogen-bond acceptors (Lipinski definition) is 4. The molecule has 0 unspecified atom stereocenters. The van der Waals surface area contributed by atoms with Crippen LogP contribution in [-0.2, 0) is 4.79 Å². The molecule has 7 heteroatoms. The summed E-state index contributed by atoms with van der Waals surface area (Å²) in [4.78, 5) is 29.3. The molecule has 1 aliphatic heterocycles. The van der Waals surface area contributed by atoms with E-state index in [4.69, 9.17) is 11.6 Å². The van der Waals surface area contributed by atoms with Gasteiger partial charge in [-0.2, -0.15) is 0 Å². The summed E-state index contributed by atoms with van der Waals surface area (Å²) in [6, 6.07) is 8.63. The Labute approximate surface area is 157 Å². The normalized spacial score (nSPS) is 14.7. The summed E-state index contributed by atoms with van der Waals surface area (Å²) in [6.45, 7) is 3.54. The molecule has 1 aromatic heterocycles. The third kappa shape index (κ3) is 4.39. The summed E-state index contributed by atoms with van der Waals surface area (Å²) in [5.74, 6) is -0.00941. The number of halogens is 1. The number of para-hydroxylation sites is 1. The van der Waals surface area contributed by atoms with Crippen molar-refractivity contribution in [1.82, 2.24) is 10.3 Å². The van der Waals surface area contributed by atoms with Gasteiger partial charge in [0.05, 0.1) is 16.3 Å². The molecule has 3 rings (SSSR count). The Morgan fingerprint density at radius 2 is 1.92 bits per heavy atom. The smallest absolute Gasteiger partial charge is 0.258 e. The van der Waals surface area contributed by atoms with Crippen molar-refractivity contribution in [2.45, 2.75) is 19.8 Å². The van der Waals surface area contributed by atoms with Gasteiger partial charge in [-0.3, -0.25) is 9.59 Å². The third-order valence-corrected chi connectivity index (χ3v) is 4.67. The molecule has 6 nitrogen and oxygen atoms in total. The first-order valence-electron chi connectivity index (χ1n) is 8.58. The average molecular weight is 373 g/mol. The molecule has 26 heavy (non-hydrogen) atoms. The van der Waals surface area contributed by atoms with Gasteiger partial charge in [-0.25, -0.2) is 4.98 Å². The maximum atomic E-state index is 12.7. The lowest BCUT2D eigenvalue weighted by molar-refractivity contribution is -0.120. The molecule has 0 saturated carbocycles. The Kier molecular flexibility index (Phi) is 5.85. The van der Waals surface area contributed by atoms with E-state index >= 15 is 0 Å². The number of hydrogen-bond donors (Lipinski definition) is 3. The number of nitrogens with zero attached hydrogens (tertiary/aromatic N) is 1. The molecule has 136 valence electrons. The molecule has 3 N–H and O–H groups in total. The number of aromatic nitrogens is 1. The van der Waals surface area contributed by atoms with E-state index in [0.29, 0.717) is 22.1 Å². The van der Waals surface area contributed by atoms with Crippen LogP contribution in [0, 0.1) is 12.8 Å². The highest BCUT2D eigenvalue weighted by Gasteiger charge is 2.23. The fraction of sp³-hybridized carbons (Fsp3) is 0.316. The highest BCUT2D eigenvalue weighted by atomic mass is 35.5. The van der Waals surface area contributed by atoms with Crippen LogP contribution in [0.4, 0.5) is 11.5 Å². The van der Waals surface area contributed by atoms with Crippen molar-refractivity contribution in [3.8, 4) is 0 Å². The zero-order valence-electron chi connectivity index (χ0n) is 14.5. The summed E-state index contributed by atoms with van der Waals surface area (Å²) >= 11 is 5.82. The number of benzene rings is 1. The van der Waals surface area contributed by atoms with Crippen molar-refractivity contribution >= 4 is 34.9 Å². The highest BCUT2D eigenvalue weighted by Crippen LogP contribution is 2.24. The molecule has 0 atom stereocenters. The number of carbonyl (C=O) groups excluding carboxylic acids is 2. The van der Waals surface area contributed by atoms with E-state index in [1.54, 1.807) is 24.3 Å². The fourth-order valence-corrected chi connectivity index (χ4v) is 3.08. The molecule has 1 fully saturated rings. The van der Waals surface area contributed by atoms with Crippen LogP contribution in [0.1, 0.15) is 28.8 Å². The van der Waals surface area contributed by atoms with E-state index in [9.17, 15) is 9.59 Å². The number of anilines is 2. The minimum atomic E-state index is -0.330. The first-order valence-corrected chi connectivity index (χ1v) is 8.96. The monoisotopic (exact) mass is 372 g/mol. The van der Waals surface area contributed by atoms with Crippen molar-refractivity contribution in [2.75, 3.05) is 23.7 Å². The van der Waals surface area contributed by atoms with Crippen LogP contribution in [0.5, 0.6) is 0 Å². The van der Waals surface area contributed by atoms with Crippen molar-refractivity contribution in [2.24, 2.45) is 5.92 Å². The third-order valence-electron chi connectivity index (χ3n) is 4.44. The van der Waals surface area contributed by atoms with Crippen LogP contribution in [0.25, 0.3) is 0 Å². The maximum Gasteiger partial charge on any atom is 0.258 e. The molecule has 0 spiro atoms. The number of amides is 2. The van der Waals surface area contributed by atoms with Gasteiger partial charge in [-0.05, 0) is 56.6 Å². The maximum absolute atomic E-state index is 12.7. The predicted molar refractivity (Wildman–Crippen MR) is 103 cm³/mol. The van der Waals surface area contributed by atoms with E-state index in [1.165, 1.54) is 6.20 Å². The lowest BCUT2D eigenvalue weighted by Gasteiger charge is -2.23. The molecule has 1 aromatic carbocycles. The van der Waals surface area contributed by atoms with Gasteiger partial charge < -0.3 is 16.0 Å². The molecule has 0 radical (unpaired) electrons. The summed E-state index contributed by atoms with van der Waals surface area (Å²) in [7, 11) is 0. The SMILES string of the molecule is Cc1cccc(C(=O)Nc2ccc(Cl)cn2)c1NC(=O)C1CCNCC1. The minimum Gasteiger partial charge on any atom is -0.325 e. The quantitative estimate of drug-likeness (QED) is 0.769. The second-order valence-electron chi connectivity index (χ2n) is 6.33. The summed E-state index contributed by atoms with van der Waals surface area (Å²) in [5.41, 5.74) is 1.79. The number of nitrogens with one attached hydrogen (secondary N) is 3. The van der Waals surface area contributed by atoms with Crippen LogP contribution in [0.15, 0.2) is 36.5 Å². The zero-order chi connectivity index (χ0) is 18.5. The second kappa shape index (κ2) is 8.29. The summed E-state index contributed by atoms with van der Waals surface area (Å²) in [5, 5.41) is 9.43. The Hall–Kier alpha value is -2.44. The van der Waals surface area contributed by atoms with Crippen LogP contribution < -0.4 is 16.0 Å². The van der Waals surface area contributed by atoms with Crippen LogP contribution in [-0.4, -0.2) is 29.9 Å². The predicted octanol–water partition coefficient (Wildman–Crippen LogP) is 3.23. The van der Waals surface area contributed by atoms with Crippen LogP contribution in [0.2, 0.25) is 5.02 Å². The van der Waals surface area contributed by atoms with E-state index in [2.05, 4.69) is 20.9 Å². The van der Waals surface area contributed by atoms with Gasteiger partial charge in [-0.15, -0.1) is 0 Å². The second-order valence-corrected chi connectivity index (χ2v) is 6.76. The lowest BCUT2D eigenvalue weighted by Crippen LogP contribution is -2.35. The van der Waals surface area contributed by atoms with E-state index in [1.807, 2.05) is 13.0 Å². The van der Waals surface area contributed by atoms with E-state index in [-0.39, 0.29) is 17.7 Å². The van der Waals surface area contributed by atoms with Gasteiger partial charge in [0.1, 0.15) is 5.82 Å². The van der Waals surface area contributed by atoms with Crippen molar-refractivity contribution in [3.63, 3.8) is 0 Å². The van der Waals surface area contributed by atoms with Gasteiger partial charge in [0.25, 0.3) is 5.91 Å². The topological polar surface area (TPSA) is 83.1 Å². The Morgan fingerprint density at radius 3 is 2.62 bits per heavy atom. The van der Waals surface area contributed by atoms with Gasteiger partial charge in [0, 0.05) is 12.1 Å². The molecular formula is C19H21ClN4O2. The molecule has 2 aromatic rings. The molecule has 1 saturated heterocycles. The van der Waals surface area contributed by atoms with Crippen LogP contribution in [0.3, 0.4) is 0 Å². The minimum absolute atomic E-state index is 0.0373. The molecule has 1 aliphatic rings. The molecule has 2 amide bonds. The first kappa shape index (κ1) is 18.4. The standard InChI is InChI=1S/C19H21ClN4O2/c1-12-3-2-4-15(19(26)23-16-6-5-14(20)11-22-16)17(12)24-18(25)13-7-9-21-10-8-13/h2-6,11,13,21H,7-10H2,1H3,(H,24,25)(H,22,23,26). The van der Waals surface area contributed by atoms with Gasteiger partial charge in [-0.1, -0.05) is 23.7 Å². The zero-order valence-corrected chi connectivity index (χ0v) is 15.3. The van der Waals surface area contributed by atoms with E-state index in [0.717, 1.165) is 31.5 Å². The Bertz CT molecular complexity index is 802. The Balaban J connectivity index is 1.78. The molecule has 0 bridgehead atoms. The highest BCUT2D eigenvalue weighted by molar-refractivity contribution is 6.30. The van der Waals surface area contributed by atoms with Crippen molar-refractivity contribution in [1.29, 1.82) is 0 Å². The Morgan fingerprint density at radius 1 is 1.15 bits per heavy atom. The number of pyridine rings is 1. The largest absolute Gasteiger partial charge is 0.325 e. The summed E-state index contributed by atoms with van der Waals surface area (Å²) < 4.78 is 0. The number of piperidine rings is 1. The number of rotatable bonds is 4. The lowest BCUT2D eigenvalue weighted by atomic mass is 9.96. The molecule has 0 aliphatic carbocycles. The van der Waals surface area contributed by atoms with Crippen molar-refractivity contribution < 1.29 is 9.59 Å². The van der Waals surface area contributed by atoms with E-state index < -0.39 is 0 Å².